The molecule has 1 aliphatic rings. The summed E-state index contributed by atoms with van der Waals surface area (Å²) in [5.74, 6) is 0. The smallest absolute Gasteiger partial charge is 0.388 e. The minimum atomic E-state index is -4.45. The van der Waals surface area contributed by atoms with Gasteiger partial charge in [-0.1, -0.05) is 18.2 Å². The summed E-state index contributed by atoms with van der Waals surface area (Å²) in [5, 5.41) is 9.66. The lowest BCUT2D eigenvalue weighted by Gasteiger charge is -2.29. The fourth-order valence-corrected chi connectivity index (χ4v) is 4.64. The third kappa shape index (κ3) is 3.58. The summed E-state index contributed by atoms with van der Waals surface area (Å²) in [6, 6.07) is 4.67. The topological polar surface area (TPSA) is 54.4 Å². The molecule has 0 aromatic heterocycles. The highest BCUT2D eigenvalue weighted by atomic mass is 32.2. The van der Waals surface area contributed by atoms with Crippen LogP contribution in [0.1, 0.15) is 30.4 Å². The first-order chi connectivity index (χ1) is 9.52. The second-order valence-corrected chi connectivity index (χ2v) is 7.92. The largest absolute Gasteiger partial charge is 0.416 e. The molecule has 21 heavy (non-hydrogen) atoms. The Kier molecular flexibility index (Phi) is 4.10. The Hall–Kier alpha value is -1.08. The van der Waals surface area contributed by atoms with Crippen molar-refractivity contribution in [3.05, 3.63) is 35.4 Å². The van der Waals surface area contributed by atoms with Gasteiger partial charge in [0.15, 0.2) is 9.84 Å². The van der Waals surface area contributed by atoms with Gasteiger partial charge in [-0.3, -0.25) is 0 Å². The second-order valence-electron chi connectivity index (χ2n) is 5.69. The molecule has 1 aliphatic carbocycles. The number of benzene rings is 1. The number of hydrogen-bond acceptors (Lipinski definition) is 3. The quantitative estimate of drug-likeness (QED) is 0.930. The molecule has 1 aromatic carbocycles. The molecule has 2 unspecified atom stereocenters. The number of hydrogen-bond donors (Lipinski definition) is 1. The lowest BCUT2D eigenvalue weighted by atomic mass is 9.92. The van der Waals surface area contributed by atoms with E-state index < -0.39 is 32.4 Å². The van der Waals surface area contributed by atoms with E-state index in [9.17, 15) is 26.7 Å². The fourth-order valence-electron chi connectivity index (χ4n) is 3.05. The molecule has 1 N–H and O–H groups in total. The van der Waals surface area contributed by atoms with Gasteiger partial charge in [0, 0.05) is 12.7 Å². The standard InChI is InChI=1S/C14H17F3O3S/c1-21(19,20)12-6-3-7-13(12,18)9-10-4-2-5-11(8-10)14(15,16)17/h2,4-5,8,12,18H,3,6-7,9H2,1H3. The number of sulfone groups is 1. The van der Waals surface area contributed by atoms with Crippen LogP contribution >= 0.6 is 0 Å². The number of aliphatic hydroxyl groups is 1. The van der Waals surface area contributed by atoms with E-state index in [1.807, 2.05) is 0 Å². The van der Waals surface area contributed by atoms with E-state index in [2.05, 4.69) is 0 Å². The van der Waals surface area contributed by atoms with Crippen LogP contribution in [0.4, 0.5) is 13.2 Å². The molecule has 0 amide bonds. The van der Waals surface area contributed by atoms with E-state index in [1.54, 1.807) is 0 Å². The molecule has 2 atom stereocenters. The summed E-state index contributed by atoms with van der Waals surface area (Å²) in [4.78, 5) is 0. The molecular weight excluding hydrogens is 305 g/mol. The summed E-state index contributed by atoms with van der Waals surface area (Å²) in [7, 11) is -3.44. The van der Waals surface area contributed by atoms with Crippen molar-refractivity contribution in [1.82, 2.24) is 0 Å². The lowest BCUT2D eigenvalue weighted by molar-refractivity contribution is -0.137. The molecular formula is C14H17F3O3S. The maximum Gasteiger partial charge on any atom is 0.416 e. The van der Waals surface area contributed by atoms with Gasteiger partial charge in [-0.15, -0.1) is 0 Å². The van der Waals surface area contributed by atoms with E-state index in [4.69, 9.17) is 0 Å². The molecule has 0 saturated heterocycles. The average Bonchev–Trinajstić information content (AvgIpc) is 2.70. The molecule has 0 aliphatic heterocycles. The van der Waals surface area contributed by atoms with Crippen molar-refractivity contribution >= 4 is 9.84 Å². The molecule has 0 bridgehead atoms. The zero-order valence-corrected chi connectivity index (χ0v) is 12.3. The molecule has 1 aromatic rings. The van der Waals surface area contributed by atoms with Crippen LogP contribution in [0, 0.1) is 0 Å². The Labute approximate surface area is 121 Å². The van der Waals surface area contributed by atoms with Crippen LogP contribution in [0.3, 0.4) is 0 Å². The molecule has 3 nitrogen and oxygen atoms in total. The van der Waals surface area contributed by atoms with Crippen molar-refractivity contribution in [1.29, 1.82) is 0 Å². The normalized spacial score (nSPS) is 27.0. The minimum absolute atomic E-state index is 0.0886. The third-order valence-electron chi connectivity index (χ3n) is 3.96. The Balaban J connectivity index is 2.29. The van der Waals surface area contributed by atoms with Gasteiger partial charge < -0.3 is 5.11 Å². The number of rotatable bonds is 3. The Morgan fingerprint density at radius 2 is 2.05 bits per heavy atom. The van der Waals surface area contributed by atoms with Gasteiger partial charge >= 0.3 is 6.18 Å². The fraction of sp³-hybridized carbons (Fsp3) is 0.571. The van der Waals surface area contributed by atoms with Gasteiger partial charge in [0.2, 0.25) is 0 Å². The maximum atomic E-state index is 12.7. The first-order valence-electron chi connectivity index (χ1n) is 6.60. The van der Waals surface area contributed by atoms with E-state index in [-0.39, 0.29) is 12.8 Å². The predicted octanol–water partition coefficient (Wildman–Crippen LogP) is 2.58. The first-order valence-corrected chi connectivity index (χ1v) is 8.55. The van der Waals surface area contributed by atoms with Crippen LogP contribution in [-0.2, 0) is 22.4 Å². The van der Waals surface area contributed by atoms with E-state index >= 15 is 0 Å². The van der Waals surface area contributed by atoms with Crippen molar-refractivity contribution < 1.29 is 26.7 Å². The molecule has 7 heteroatoms. The van der Waals surface area contributed by atoms with Crippen molar-refractivity contribution in [2.45, 2.75) is 42.7 Å². The van der Waals surface area contributed by atoms with Gasteiger partial charge in [-0.05, 0) is 30.9 Å². The van der Waals surface area contributed by atoms with E-state index in [0.29, 0.717) is 18.4 Å². The monoisotopic (exact) mass is 322 g/mol. The summed E-state index contributed by atoms with van der Waals surface area (Å²) < 4.78 is 61.5. The summed E-state index contributed by atoms with van der Waals surface area (Å²) in [5.41, 5.74) is -1.99. The van der Waals surface area contributed by atoms with Crippen LogP contribution in [-0.4, -0.2) is 30.6 Å². The van der Waals surface area contributed by atoms with Crippen LogP contribution in [0.25, 0.3) is 0 Å². The zero-order chi connectivity index (χ0) is 15.9. The number of halogens is 3. The molecule has 1 fully saturated rings. The van der Waals surface area contributed by atoms with E-state index in [1.165, 1.54) is 12.1 Å². The first kappa shape index (κ1) is 16.3. The molecule has 0 radical (unpaired) electrons. The minimum Gasteiger partial charge on any atom is -0.388 e. The van der Waals surface area contributed by atoms with Crippen molar-refractivity contribution in [3.8, 4) is 0 Å². The highest BCUT2D eigenvalue weighted by Gasteiger charge is 2.46. The van der Waals surface area contributed by atoms with Crippen molar-refractivity contribution in [3.63, 3.8) is 0 Å². The van der Waals surface area contributed by atoms with Gasteiger partial charge in [0.05, 0.1) is 16.4 Å². The van der Waals surface area contributed by atoms with Gasteiger partial charge in [-0.25, -0.2) is 8.42 Å². The van der Waals surface area contributed by atoms with Crippen LogP contribution < -0.4 is 0 Å². The molecule has 0 spiro atoms. The third-order valence-corrected chi connectivity index (χ3v) is 5.66. The van der Waals surface area contributed by atoms with Crippen LogP contribution in [0.5, 0.6) is 0 Å². The maximum absolute atomic E-state index is 12.7. The molecule has 0 heterocycles. The number of alkyl halides is 3. The molecule has 118 valence electrons. The zero-order valence-electron chi connectivity index (χ0n) is 11.5. The summed E-state index contributed by atoms with van der Waals surface area (Å²) in [6.45, 7) is 0. The summed E-state index contributed by atoms with van der Waals surface area (Å²) >= 11 is 0. The Morgan fingerprint density at radius 3 is 2.62 bits per heavy atom. The Bertz CT molecular complexity index is 625. The summed E-state index contributed by atoms with van der Waals surface area (Å²) in [6.07, 6.45) is -2.32. The van der Waals surface area contributed by atoms with Crippen LogP contribution in [0.2, 0.25) is 0 Å². The van der Waals surface area contributed by atoms with Crippen molar-refractivity contribution in [2.75, 3.05) is 6.26 Å². The van der Waals surface area contributed by atoms with Crippen molar-refractivity contribution in [2.24, 2.45) is 0 Å². The van der Waals surface area contributed by atoms with Gasteiger partial charge in [0.25, 0.3) is 0 Å². The molecule has 1 saturated carbocycles. The van der Waals surface area contributed by atoms with E-state index in [0.717, 1.165) is 18.4 Å². The van der Waals surface area contributed by atoms with Gasteiger partial charge in [-0.2, -0.15) is 13.2 Å². The Morgan fingerprint density at radius 1 is 1.38 bits per heavy atom. The van der Waals surface area contributed by atoms with Crippen LogP contribution in [0.15, 0.2) is 24.3 Å². The highest BCUT2D eigenvalue weighted by molar-refractivity contribution is 7.91. The predicted molar refractivity (Wildman–Crippen MR) is 72.6 cm³/mol. The second kappa shape index (κ2) is 5.28. The highest BCUT2D eigenvalue weighted by Crippen LogP contribution is 2.38. The average molecular weight is 322 g/mol. The SMILES string of the molecule is CS(=O)(=O)C1CCCC1(O)Cc1cccc(C(F)(F)F)c1. The molecule has 2 rings (SSSR count). The lowest BCUT2D eigenvalue weighted by Crippen LogP contribution is -2.44. The van der Waals surface area contributed by atoms with Gasteiger partial charge in [0.1, 0.15) is 0 Å².